The number of ether oxygens (including phenoxy) is 3. The van der Waals surface area contributed by atoms with E-state index < -0.39 is 6.09 Å². The van der Waals surface area contributed by atoms with Crippen molar-refractivity contribution in [2.75, 3.05) is 19.5 Å². The molecule has 0 atom stereocenters. The SMILES string of the molecule is COc1cccc(COC(=O)Nc2cccc(Cl)c2)c1OC. The molecule has 116 valence electrons. The number of methoxy groups -OCH3 is 2. The van der Waals surface area contributed by atoms with Crippen molar-refractivity contribution in [3.63, 3.8) is 0 Å². The molecule has 2 rings (SSSR count). The lowest BCUT2D eigenvalue weighted by molar-refractivity contribution is 0.153. The Labute approximate surface area is 133 Å². The molecular formula is C16H16ClNO4. The summed E-state index contributed by atoms with van der Waals surface area (Å²) in [6.45, 7) is 0.0623. The number of nitrogens with one attached hydrogen (secondary N) is 1. The maximum absolute atomic E-state index is 11.8. The van der Waals surface area contributed by atoms with Crippen molar-refractivity contribution in [2.24, 2.45) is 0 Å². The van der Waals surface area contributed by atoms with Crippen molar-refractivity contribution < 1.29 is 19.0 Å². The number of para-hydroxylation sites is 1. The number of anilines is 1. The first kappa shape index (κ1) is 16.0. The van der Waals surface area contributed by atoms with Gasteiger partial charge < -0.3 is 14.2 Å². The zero-order valence-electron chi connectivity index (χ0n) is 12.3. The van der Waals surface area contributed by atoms with Crippen molar-refractivity contribution in [2.45, 2.75) is 6.61 Å². The van der Waals surface area contributed by atoms with Crippen LogP contribution in [0.5, 0.6) is 11.5 Å². The summed E-state index contributed by atoms with van der Waals surface area (Å²) in [4.78, 5) is 11.8. The lowest BCUT2D eigenvalue weighted by atomic mass is 10.2. The third-order valence-corrected chi connectivity index (χ3v) is 3.15. The Morgan fingerprint density at radius 2 is 1.91 bits per heavy atom. The van der Waals surface area contributed by atoms with Crippen LogP contribution in [0.15, 0.2) is 42.5 Å². The third kappa shape index (κ3) is 4.05. The molecule has 1 N–H and O–H groups in total. The van der Waals surface area contributed by atoms with Gasteiger partial charge in [0.05, 0.1) is 14.2 Å². The second-order valence-electron chi connectivity index (χ2n) is 4.36. The fourth-order valence-electron chi connectivity index (χ4n) is 1.93. The molecule has 0 aliphatic carbocycles. The van der Waals surface area contributed by atoms with E-state index in [0.717, 1.165) is 0 Å². The van der Waals surface area contributed by atoms with Gasteiger partial charge in [0.2, 0.25) is 0 Å². The number of rotatable bonds is 5. The van der Waals surface area contributed by atoms with Crippen molar-refractivity contribution in [1.29, 1.82) is 0 Å². The van der Waals surface area contributed by atoms with Crippen LogP contribution in [0.3, 0.4) is 0 Å². The molecule has 6 heteroatoms. The highest BCUT2D eigenvalue weighted by Gasteiger charge is 2.11. The molecule has 22 heavy (non-hydrogen) atoms. The summed E-state index contributed by atoms with van der Waals surface area (Å²) in [5.74, 6) is 1.12. The van der Waals surface area contributed by atoms with Crippen LogP contribution < -0.4 is 14.8 Å². The fraction of sp³-hybridized carbons (Fsp3) is 0.188. The van der Waals surface area contributed by atoms with Gasteiger partial charge in [-0.05, 0) is 24.3 Å². The Kier molecular flexibility index (Phi) is 5.49. The molecule has 0 aromatic heterocycles. The van der Waals surface area contributed by atoms with Gasteiger partial charge in [-0.3, -0.25) is 5.32 Å². The second-order valence-corrected chi connectivity index (χ2v) is 4.80. The number of benzene rings is 2. The molecule has 0 heterocycles. The molecule has 2 aromatic rings. The van der Waals surface area contributed by atoms with Crippen LogP contribution in [0.2, 0.25) is 5.02 Å². The highest BCUT2D eigenvalue weighted by atomic mass is 35.5. The van der Waals surface area contributed by atoms with Gasteiger partial charge >= 0.3 is 6.09 Å². The molecule has 0 saturated carbocycles. The number of hydrogen-bond acceptors (Lipinski definition) is 4. The Morgan fingerprint density at radius 1 is 1.14 bits per heavy atom. The van der Waals surface area contributed by atoms with Gasteiger partial charge in [0, 0.05) is 16.3 Å². The van der Waals surface area contributed by atoms with Crippen LogP contribution in [-0.2, 0) is 11.3 Å². The van der Waals surface area contributed by atoms with Crippen LogP contribution in [0.25, 0.3) is 0 Å². The largest absolute Gasteiger partial charge is 0.493 e. The van der Waals surface area contributed by atoms with Gasteiger partial charge in [0.1, 0.15) is 6.61 Å². The van der Waals surface area contributed by atoms with Crippen LogP contribution in [0.1, 0.15) is 5.56 Å². The van der Waals surface area contributed by atoms with Crippen molar-refractivity contribution in [1.82, 2.24) is 0 Å². The average molecular weight is 322 g/mol. The number of hydrogen-bond donors (Lipinski definition) is 1. The van der Waals surface area contributed by atoms with E-state index in [1.54, 1.807) is 49.6 Å². The lowest BCUT2D eigenvalue weighted by Crippen LogP contribution is -2.13. The van der Waals surface area contributed by atoms with Crippen LogP contribution in [-0.4, -0.2) is 20.3 Å². The van der Waals surface area contributed by atoms with E-state index in [2.05, 4.69) is 5.32 Å². The Morgan fingerprint density at radius 3 is 2.59 bits per heavy atom. The highest BCUT2D eigenvalue weighted by molar-refractivity contribution is 6.30. The molecule has 0 fully saturated rings. The molecule has 0 radical (unpaired) electrons. The zero-order chi connectivity index (χ0) is 15.9. The Bertz CT molecular complexity index is 660. The Hall–Kier alpha value is -2.40. The van der Waals surface area contributed by atoms with Crippen LogP contribution >= 0.6 is 11.6 Å². The van der Waals surface area contributed by atoms with E-state index in [1.165, 1.54) is 7.11 Å². The van der Waals surface area contributed by atoms with Gasteiger partial charge in [-0.25, -0.2) is 4.79 Å². The van der Waals surface area contributed by atoms with Crippen molar-refractivity contribution in [3.8, 4) is 11.5 Å². The summed E-state index contributed by atoms with van der Waals surface area (Å²) in [5, 5.41) is 3.14. The maximum atomic E-state index is 11.8. The van der Waals surface area contributed by atoms with Gasteiger partial charge in [-0.1, -0.05) is 29.8 Å². The lowest BCUT2D eigenvalue weighted by Gasteiger charge is -2.13. The molecule has 0 saturated heterocycles. The average Bonchev–Trinajstić information content (AvgIpc) is 2.52. The molecule has 2 aromatic carbocycles. The van der Waals surface area contributed by atoms with Crippen LogP contribution in [0, 0.1) is 0 Å². The molecule has 0 aliphatic rings. The highest BCUT2D eigenvalue weighted by Crippen LogP contribution is 2.31. The predicted octanol–water partition coefficient (Wildman–Crippen LogP) is 4.11. The third-order valence-electron chi connectivity index (χ3n) is 2.91. The summed E-state index contributed by atoms with van der Waals surface area (Å²) in [6.07, 6.45) is -0.577. The monoisotopic (exact) mass is 321 g/mol. The summed E-state index contributed by atoms with van der Waals surface area (Å²) in [5.41, 5.74) is 1.28. The first-order valence-corrected chi connectivity index (χ1v) is 6.91. The molecular weight excluding hydrogens is 306 g/mol. The van der Waals surface area contributed by atoms with Crippen molar-refractivity contribution >= 4 is 23.4 Å². The quantitative estimate of drug-likeness (QED) is 0.900. The molecule has 0 spiro atoms. The Balaban J connectivity index is 1.99. The van der Waals surface area contributed by atoms with E-state index in [9.17, 15) is 4.79 Å². The summed E-state index contributed by atoms with van der Waals surface area (Å²) in [6, 6.07) is 12.2. The first-order chi connectivity index (χ1) is 10.6. The van der Waals surface area contributed by atoms with Gasteiger partial charge in [0.15, 0.2) is 11.5 Å². The summed E-state index contributed by atoms with van der Waals surface area (Å²) < 4.78 is 15.7. The zero-order valence-corrected chi connectivity index (χ0v) is 13.0. The van der Waals surface area contributed by atoms with Gasteiger partial charge in [0.25, 0.3) is 0 Å². The molecule has 5 nitrogen and oxygen atoms in total. The predicted molar refractivity (Wildman–Crippen MR) is 84.8 cm³/mol. The molecule has 0 aliphatic heterocycles. The number of carbonyl (C=O) groups excluding carboxylic acids is 1. The minimum absolute atomic E-state index is 0.0623. The number of amides is 1. The van der Waals surface area contributed by atoms with Crippen LogP contribution in [0.4, 0.5) is 10.5 Å². The van der Waals surface area contributed by atoms with E-state index >= 15 is 0 Å². The minimum atomic E-state index is -0.577. The number of halogens is 1. The van der Waals surface area contributed by atoms with E-state index in [-0.39, 0.29) is 6.61 Å². The molecule has 1 amide bonds. The standard InChI is InChI=1S/C16H16ClNO4/c1-20-14-8-3-5-11(15(14)21-2)10-22-16(19)18-13-7-4-6-12(17)9-13/h3-9H,10H2,1-2H3,(H,18,19). The smallest absolute Gasteiger partial charge is 0.411 e. The normalized spacial score (nSPS) is 9.95. The minimum Gasteiger partial charge on any atom is -0.493 e. The molecule has 0 unspecified atom stereocenters. The second kappa shape index (κ2) is 7.56. The fourth-order valence-corrected chi connectivity index (χ4v) is 2.12. The maximum Gasteiger partial charge on any atom is 0.411 e. The molecule has 0 bridgehead atoms. The first-order valence-electron chi connectivity index (χ1n) is 6.53. The summed E-state index contributed by atoms with van der Waals surface area (Å²) in [7, 11) is 3.09. The number of carbonyl (C=O) groups is 1. The topological polar surface area (TPSA) is 56.8 Å². The van der Waals surface area contributed by atoms with E-state index in [4.69, 9.17) is 25.8 Å². The van der Waals surface area contributed by atoms with E-state index in [1.807, 2.05) is 0 Å². The van der Waals surface area contributed by atoms with E-state index in [0.29, 0.717) is 27.8 Å². The summed E-state index contributed by atoms with van der Waals surface area (Å²) >= 11 is 5.85. The van der Waals surface area contributed by atoms with Gasteiger partial charge in [-0.15, -0.1) is 0 Å². The van der Waals surface area contributed by atoms with Gasteiger partial charge in [-0.2, -0.15) is 0 Å². The van der Waals surface area contributed by atoms with Crippen molar-refractivity contribution in [3.05, 3.63) is 53.1 Å².